The van der Waals surface area contributed by atoms with Gasteiger partial charge in [-0.1, -0.05) is 63.2 Å². The second-order valence-corrected chi connectivity index (χ2v) is 7.29. The van der Waals surface area contributed by atoms with E-state index in [-0.39, 0.29) is 17.2 Å². The van der Waals surface area contributed by atoms with Gasteiger partial charge in [0.25, 0.3) is 5.91 Å². The van der Waals surface area contributed by atoms with Crippen molar-refractivity contribution in [1.82, 2.24) is 10.6 Å². The van der Waals surface area contributed by atoms with Crippen molar-refractivity contribution in [3.05, 3.63) is 60.2 Å². The molecule has 0 atom stereocenters. The summed E-state index contributed by atoms with van der Waals surface area (Å²) in [5, 5.41) is 5.65. The SMILES string of the molecule is CC(C)(C)CC(=O)NCCNC(=O)c1ccc(-c2ccccc2)cc1. The van der Waals surface area contributed by atoms with E-state index in [0.29, 0.717) is 25.1 Å². The zero-order valence-electron chi connectivity index (χ0n) is 15.1. The number of carbonyl (C=O) groups is 2. The van der Waals surface area contributed by atoms with E-state index in [1.807, 2.05) is 75.4 Å². The third kappa shape index (κ3) is 6.42. The zero-order valence-corrected chi connectivity index (χ0v) is 15.1. The van der Waals surface area contributed by atoms with E-state index in [0.717, 1.165) is 11.1 Å². The highest BCUT2D eigenvalue weighted by atomic mass is 16.2. The predicted octanol–water partition coefficient (Wildman–Crippen LogP) is 3.64. The molecule has 0 unspecified atom stereocenters. The molecule has 2 aromatic carbocycles. The number of benzene rings is 2. The lowest BCUT2D eigenvalue weighted by atomic mass is 9.92. The molecule has 2 N–H and O–H groups in total. The van der Waals surface area contributed by atoms with Crippen molar-refractivity contribution >= 4 is 11.8 Å². The fourth-order valence-electron chi connectivity index (χ4n) is 2.47. The van der Waals surface area contributed by atoms with Crippen molar-refractivity contribution in [2.75, 3.05) is 13.1 Å². The first kappa shape index (κ1) is 18.7. The minimum atomic E-state index is -0.135. The number of hydrogen-bond donors (Lipinski definition) is 2. The van der Waals surface area contributed by atoms with Crippen LogP contribution in [0.5, 0.6) is 0 Å². The van der Waals surface area contributed by atoms with Crippen LogP contribution in [0.1, 0.15) is 37.6 Å². The Kier molecular flexibility index (Phi) is 6.34. The molecule has 0 aliphatic carbocycles. The summed E-state index contributed by atoms with van der Waals surface area (Å²) < 4.78 is 0. The first-order valence-corrected chi connectivity index (χ1v) is 8.55. The van der Waals surface area contributed by atoms with E-state index in [9.17, 15) is 9.59 Å². The van der Waals surface area contributed by atoms with Gasteiger partial charge in [0.1, 0.15) is 0 Å². The Morgan fingerprint density at radius 3 is 1.96 bits per heavy atom. The molecule has 0 aliphatic heterocycles. The molecule has 4 heteroatoms. The Balaban J connectivity index is 1.79. The van der Waals surface area contributed by atoms with Gasteiger partial charge < -0.3 is 10.6 Å². The van der Waals surface area contributed by atoms with Crippen molar-refractivity contribution in [2.45, 2.75) is 27.2 Å². The van der Waals surface area contributed by atoms with Gasteiger partial charge >= 0.3 is 0 Å². The normalized spacial score (nSPS) is 11.0. The smallest absolute Gasteiger partial charge is 0.251 e. The Labute approximate surface area is 149 Å². The van der Waals surface area contributed by atoms with Gasteiger partial charge in [-0.3, -0.25) is 9.59 Å². The van der Waals surface area contributed by atoms with Crippen LogP contribution in [-0.2, 0) is 4.79 Å². The molecule has 0 saturated carbocycles. The maximum Gasteiger partial charge on any atom is 0.251 e. The van der Waals surface area contributed by atoms with E-state index in [4.69, 9.17) is 0 Å². The van der Waals surface area contributed by atoms with Crippen molar-refractivity contribution in [1.29, 1.82) is 0 Å². The molecule has 0 heterocycles. The molecule has 4 nitrogen and oxygen atoms in total. The summed E-state index contributed by atoms with van der Waals surface area (Å²) >= 11 is 0. The van der Waals surface area contributed by atoms with Gasteiger partial charge in [0.15, 0.2) is 0 Å². The van der Waals surface area contributed by atoms with E-state index in [2.05, 4.69) is 10.6 Å². The summed E-state index contributed by atoms with van der Waals surface area (Å²) in [6.45, 7) is 6.91. The van der Waals surface area contributed by atoms with E-state index in [1.54, 1.807) is 0 Å². The first-order chi connectivity index (χ1) is 11.8. The number of rotatable bonds is 6. The summed E-state index contributed by atoms with van der Waals surface area (Å²) in [6, 6.07) is 17.5. The lowest BCUT2D eigenvalue weighted by Crippen LogP contribution is -2.35. The molecule has 0 spiro atoms. The molecular weight excluding hydrogens is 312 g/mol. The Morgan fingerprint density at radius 1 is 0.800 bits per heavy atom. The quantitative estimate of drug-likeness (QED) is 0.790. The summed E-state index contributed by atoms with van der Waals surface area (Å²) in [7, 11) is 0. The molecule has 2 amide bonds. The maximum atomic E-state index is 12.1. The van der Waals surface area contributed by atoms with Gasteiger partial charge in [-0.15, -0.1) is 0 Å². The van der Waals surface area contributed by atoms with Crippen molar-refractivity contribution in [3.63, 3.8) is 0 Å². The summed E-state index contributed by atoms with van der Waals surface area (Å²) in [4.78, 5) is 23.9. The van der Waals surface area contributed by atoms with Crippen LogP contribution in [0.2, 0.25) is 0 Å². The third-order valence-corrected chi connectivity index (χ3v) is 3.68. The van der Waals surface area contributed by atoms with Gasteiger partial charge in [-0.25, -0.2) is 0 Å². The molecule has 0 saturated heterocycles. The van der Waals surface area contributed by atoms with Crippen LogP contribution in [0, 0.1) is 5.41 Å². The molecule has 0 bridgehead atoms. The Bertz CT molecular complexity index is 701. The van der Waals surface area contributed by atoms with Gasteiger partial charge in [0.2, 0.25) is 5.91 Å². The van der Waals surface area contributed by atoms with Crippen molar-refractivity contribution < 1.29 is 9.59 Å². The standard InChI is InChI=1S/C21H26N2O2/c1-21(2,3)15-19(24)22-13-14-23-20(25)18-11-9-17(10-12-18)16-7-5-4-6-8-16/h4-12H,13-15H2,1-3H3,(H,22,24)(H,23,25). The Morgan fingerprint density at radius 2 is 1.36 bits per heavy atom. The zero-order chi connectivity index (χ0) is 18.3. The van der Waals surface area contributed by atoms with Crippen LogP contribution >= 0.6 is 0 Å². The number of hydrogen-bond acceptors (Lipinski definition) is 2. The molecule has 0 aliphatic rings. The first-order valence-electron chi connectivity index (χ1n) is 8.55. The van der Waals surface area contributed by atoms with Gasteiger partial charge in [-0.2, -0.15) is 0 Å². The molecule has 0 radical (unpaired) electrons. The predicted molar refractivity (Wildman–Crippen MR) is 101 cm³/mol. The number of nitrogens with one attached hydrogen (secondary N) is 2. The van der Waals surface area contributed by atoms with Crippen molar-refractivity contribution in [2.24, 2.45) is 5.41 Å². The number of carbonyl (C=O) groups excluding carboxylic acids is 2. The highest BCUT2D eigenvalue weighted by molar-refractivity contribution is 5.94. The largest absolute Gasteiger partial charge is 0.354 e. The van der Waals surface area contributed by atoms with E-state index >= 15 is 0 Å². The molecule has 2 aromatic rings. The average molecular weight is 338 g/mol. The van der Waals surface area contributed by atoms with Gasteiger partial charge in [-0.05, 0) is 28.7 Å². The third-order valence-electron chi connectivity index (χ3n) is 3.68. The molecule has 25 heavy (non-hydrogen) atoms. The van der Waals surface area contributed by atoms with Gasteiger partial charge in [0, 0.05) is 25.1 Å². The minimum absolute atomic E-state index is 0.00830. The van der Waals surface area contributed by atoms with Crippen molar-refractivity contribution in [3.8, 4) is 11.1 Å². The summed E-state index contributed by atoms with van der Waals surface area (Å²) in [6.07, 6.45) is 0.474. The Hall–Kier alpha value is -2.62. The monoisotopic (exact) mass is 338 g/mol. The second kappa shape index (κ2) is 8.47. The van der Waals surface area contributed by atoms with E-state index < -0.39 is 0 Å². The average Bonchev–Trinajstić information content (AvgIpc) is 2.58. The molecular formula is C21H26N2O2. The highest BCUT2D eigenvalue weighted by Crippen LogP contribution is 2.19. The molecule has 2 rings (SSSR count). The maximum absolute atomic E-state index is 12.1. The lowest BCUT2D eigenvalue weighted by molar-refractivity contribution is -0.122. The summed E-state index contributed by atoms with van der Waals surface area (Å²) in [5.74, 6) is -0.126. The van der Waals surface area contributed by atoms with Gasteiger partial charge in [0.05, 0.1) is 0 Å². The van der Waals surface area contributed by atoms with Crippen LogP contribution in [0.4, 0.5) is 0 Å². The number of amides is 2. The van der Waals surface area contributed by atoms with Crippen LogP contribution in [0.3, 0.4) is 0 Å². The molecule has 132 valence electrons. The minimum Gasteiger partial charge on any atom is -0.354 e. The van der Waals surface area contributed by atoms with Crippen LogP contribution < -0.4 is 10.6 Å². The van der Waals surface area contributed by atoms with Crippen LogP contribution in [-0.4, -0.2) is 24.9 Å². The van der Waals surface area contributed by atoms with E-state index in [1.165, 1.54) is 0 Å². The second-order valence-electron chi connectivity index (χ2n) is 7.29. The van der Waals surface area contributed by atoms with Crippen LogP contribution in [0.15, 0.2) is 54.6 Å². The fourth-order valence-corrected chi connectivity index (χ4v) is 2.47. The molecule has 0 fully saturated rings. The van der Waals surface area contributed by atoms with Crippen LogP contribution in [0.25, 0.3) is 11.1 Å². The fraction of sp³-hybridized carbons (Fsp3) is 0.333. The highest BCUT2D eigenvalue weighted by Gasteiger charge is 2.15. The lowest BCUT2D eigenvalue weighted by Gasteiger charge is -2.17. The molecule has 0 aromatic heterocycles. The topological polar surface area (TPSA) is 58.2 Å². The summed E-state index contributed by atoms with van der Waals surface area (Å²) in [5.41, 5.74) is 2.77.